The van der Waals surface area contributed by atoms with Crippen molar-refractivity contribution >= 4 is 0 Å². The first kappa shape index (κ1) is 8.05. The molecule has 0 aromatic carbocycles. The second-order valence-electron chi connectivity index (χ2n) is 5.05. The number of epoxide rings is 1. The van der Waals surface area contributed by atoms with Crippen LogP contribution in [0, 0.1) is 11.3 Å². The minimum Gasteiger partial charge on any atom is -0.369 e. The van der Waals surface area contributed by atoms with Crippen LogP contribution in [0.1, 0.15) is 39.5 Å². The summed E-state index contributed by atoms with van der Waals surface area (Å²) in [5.74, 6) is 0.845. The fourth-order valence-electron chi connectivity index (χ4n) is 3.68. The summed E-state index contributed by atoms with van der Waals surface area (Å²) in [5.41, 5.74) is 2.21. The fraction of sp³-hybridized carbons (Fsp3) is 0.833. The average molecular weight is 178 g/mol. The van der Waals surface area contributed by atoms with Crippen LogP contribution >= 0.6 is 0 Å². The van der Waals surface area contributed by atoms with Crippen LogP contribution < -0.4 is 0 Å². The molecular formula is C12H18O. The van der Waals surface area contributed by atoms with E-state index < -0.39 is 0 Å². The Kier molecular flexibility index (Phi) is 1.48. The lowest BCUT2D eigenvalue weighted by Crippen LogP contribution is -2.32. The largest absolute Gasteiger partial charge is 0.369 e. The van der Waals surface area contributed by atoms with Gasteiger partial charge in [-0.05, 0) is 43.9 Å². The van der Waals surface area contributed by atoms with Crippen molar-refractivity contribution in [2.24, 2.45) is 11.3 Å². The molecule has 0 aromatic heterocycles. The topological polar surface area (TPSA) is 12.5 Å². The molecule has 3 fully saturated rings. The number of rotatable bonds is 0. The Bertz CT molecular complexity index is 268. The molecule has 72 valence electrons. The zero-order chi connectivity index (χ0) is 9.05. The molecular weight excluding hydrogens is 160 g/mol. The van der Waals surface area contributed by atoms with Gasteiger partial charge in [-0.15, -0.1) is 0 Å². The molecule has 2 aliphatic carbocycles. The molecule has 0 aromatic rings. The third-order valence-electron chi connectivity index (χ3n) is 4.59. The molecule has 1 saturated heterocycles. The van der Waals surface area contributed by atoms with Crippen molar-refractivity contribution in [3.63, 3.8) is 0 Å². The maximum absolute atomic E-state index is 5.72. The first-order valence-electron chi connectivity index (χ1n) is 5.57. The summed E-state index contributed by atoms with van der Waals surface area (Å²) < 4.78 is 5.72. The molecule has 1 heteroatoms. The van der Waals surface area contributed by atoms with Crippen LogP contribution in [-0.4, -0.2) is 12.2 Å². The molecule has 0 unspecified atom stereocenters. The molecule has 4 atom stereocenters. The molecule has 0 amide bonds. The molecule has 1 heterocycles. The lowest BCUT2D eigenvalue weighted by molar-refractivity contribution is 0.200. The SMILES string of the molecule is C/C=C1/CC[C@H]2[C@H]3O[C@H]3CC[C@]12C. The average Bonchev–Trinajstić information content (AvgIpc) is 2.82. The van der Waals surface area contributed by atoms with Gasteiger partial charge >= 0.3 is 0 Å². The van der Waals surface area contributed by atoms with Crippen molar-refractivity contribution in [2.75, 3.05) is 0 Å². The van der Waals surface area contributed by atoms with Crippen LogP contribution in [0.3, 0.4) is 0 Å². The third kappa shape index (κ3) is 0.914. The van der Waals surface area contributed by atoms with Crippen molar-refractivity contribution < 1.29 is 4.74 Å². The van der Waals surface area contributed by atoms with Crippen molar-refractivity contribution in [1.82, 2.24) is 0 Å². The Balaban J connectivity index is 1.96. The lowest BCUT2D eigenvalue weighted by atomic mass is 9.68. The van der Waals surface area contributed by atoms with Gasteiger partial charge in [-0.25, -0.2) is 0 Å². The summed E-state index contributed by atoms with van der Waals surface area (Å²) in [6.07, 6.45) is 8.99. The highest BCUT2D eigenvalue weighted by Gasteiger charge is 2.58. The van der Waals surface area contributed by atoms with E-state index in [4.69, 9.17) is 4.74 Å². The first-order valence-corrected chi connectivity index (χ1v) is 5.57. The highest BCUT2D eigenvalue weighted by Crippen LogP contribution is 2.60. The maximum atomic E-state index is 5.72. The zero-order valence-electron chi connectivity index (χ0n) is 8.55. The summed E-state index contributed by atoms with van der Waals surface area (Å²) >= 11 is 0. The first-order chi connectivity index (χ1) is 6.25. The van der Waals surface area contributed by atoms with Crippen LogP contribution in [0.2, 0.25) is 0 Å². The molecule has 1 aliphatic heterocycles. The van der Waals surface area contributed by atoms with Gasteiger partial charge in [0.05, 0.1) is 12.2 Å². The van der Waals surface area contributed by atoms with Crippen molar-refractivity contribution in [3.05, 3.63) is 11.6 Å². The Morgan fingerprint density at radius 2 is 2.31 bits per heavy atom. The van der Waals surface area contributed by atoms with E-state index in [1.54, 1.807) is 5.57 Å². The van der Waals surface area contributed by atoms with E-state index in [9.17, 15) is 0 Å². The number of fused-ring (bicyclic) bond motifs is 3. The quantitative estimate of drug-likeness (QED) is 0.410. The summed E-state index contributed by atoms with van der Waals surface area (Å²) in [6.45, 7) is 4.65. The van der Waals surface area contributed by atoms with Crippen LogP contribution in [0.4, 0.5) is 0 Å². The smallest absolute Gasteiger partial charge is 0.0878 e. The van der Waals surface area contributed by atoms with Gasteiger partial charge in [0.2, 0.25) is 0 Å². The molecule has 0 radical (unpaired) electrons. The van der Waals surface area contributed by atoms with E-state index in [0.29, 0.717) is 17.6 Å². The van der Waals surface area contributed by atoms with E-state index in [2.05, 4.69) is 19.9 Å². The minimum absolute atomic E-state index is 0.506. The second kappa shape index (κ2) is 2.38. The minimum atomic E-state index is 0.506. The number of allylic oxidation sites excluding steroid dienone is 2. The van der Waals surface area contributed by atoms with E-state index in [1.165, 1.54) is 25.7 Å². The molecule has 1 nitrogen and oxygen atoms in total. The summed E-state index contributed by atoms with van der Waals surface area (Å²) in [5, 5.41) is 0. The van der Waals surface area contributed by atoms with Crippen molar-refractivity contribution in [3.8, 4) is 0 Å². The van der Waals surface area contributed by atoms with E-state index in [-0.39, 0.29) is 0 Å². The Morgan fingerprint density at radius 1 is 1.46 bits per heavy atom. The molecule has 3 aliphatic rings. The highest BCUT2D eigenvalue weighted by atomic mass is 16.6. The van der Waals surface area contributed by atoms with Gasteiger partial charge in [-0.3, -0.25) is 0 Å². The number of ether oxygens (including phenoxy) is 1. The van der Waals surface area contributed by atoms with Crippen molar-refractivity contribution in [1.29, 1.82) is 0 Å². The van der Waals surface area contributed by atoms with Gasteiger partial charge < -0.3 is 4.74 Å². The number of hydrogen-bond donors (Lipinski definition) is 0. The zero-order valence-corrected chi connectivity index (χ0v) is 8.55. The van der Waals surface area contributed by atoms with Gasteiger partial charge in [-0.2, -0.15) is 0 Å². The van der Waals surface area contributed by atoms with Gasteiger partial charge in [0, 0.05) is 0 Å². The van der Waals surface area contributed by atoms with Gasteiger partial charge in [0.25, 0.3) is 0 Å². The predicted octanol–water partition coefficient (Wildman–Crippen LogP) is 2.91. The second-order valence-corrected chi connectivity index (χ2v) is 5.05. The molecule has 13 heavy (non-hydrogen) atoms. The lowest BCUT2D eigenvalue weighted by Gasteiger charge is -2.35. The Morgan fingerprint density at radius 3 is 3.08 bits per heavy atom. The monoisotopic (exact) mass is 178 g/mol. The third-order valence-corrected chi connectivity index (χ3v) is 4.59. The summed E-state index contributed by atoms with van der Waals surface area (Å²) in [7, 11) is 0. The van der Waals surface area contributed by atoms with Gasteiger partial charge in [-0.1, -0.05) is 18.6 Å². The van der Waals surface area contributed by atoms with Crippen LogP contribution in [0.25, 0.3) is 0 Å². The maximum Gasteiger partial charge on any atom is 0.0878 e. The van der Waals surface area contributed by atoms with Gasteiger partial charge in [0.15, 0.2) is 0 Å². The van der Waals surface area contributed by atoms with E-state index in [1.807, 2.05) is 0 Å². The normalized spacial score (nSPS) is 56.2. The predicted molar refractivity (Wildman–Crippen MR) is 52.5 cm³/mol. The molecule has 3 rings (SSSR count). The van der Waals surface area contributed by atoms with Crippen molar-refractivity contribution in [2.45, 2.75) is 51.7 Å². The fourth-order valence-corrected chi connectivity index (χ4v) is 3.68. The van der Waals surface area contributed by atoms with Crippen LogP contribution in [0.5, 0.6) is 0 Å². The van der Waals surface area contributed by atoms with Crippen LogP contribution in [-0.2, 0) is 4.74 Å². The number of hydrogen-bond acceptors (Lipinski definition) is 1. The van der Waals surface area contributed by atoms with Crippen LogP contribution in [0.15, 0.2) is 11.6 Å². The molecule has 0 N–H and O–H groups in total. The highest BCUT2D eigenvalue weighted by molar-refractivity contribution is 5.24. The molecule has 0 spiro atoms. The standard InChI is InChI=1S/C12H18O/c1-3-8-4-5-9-11-10(13-11)6-7-12(8,9)2/h3,9-11H,4-7H2,1-2H3/b8-3-/t9-,10-,11+,12+/m0/s1. The Hall–Kier alpha value is -0.300. The molecule has 2 saturated carbocycles. The summed E-state index contributed by atoms with van der Waals surface area (Å²) in [4.78, 5) is 0. The van der Waals surface area contributed by atoms with E-state index >= 15 is 0 Å². The van der Waals surface area contributed by atoms with E-state index in [0.717, 1.165) is 5.92 Å². The summed E-state index contributed by atoms with van der Waals surface area (Å²) in [6, 6.07) is 0. The molecule has 0 bridgehead atoms. The van der Waals surface area contributed by atoms with Gasteiger partial charge in [0.1, 0.15) is 0 Å². The Labute approximate surface area is 80.2 Å².